The minimum absolute atomic E-state index is 0.179. The van der Waals surface area contributed by atoms with E-state index in [9.17, 15) is 4.79 Å². The van der Waals surface area contributed by atoms with Gasteiger partial charge >= 0.3 is 0 Å². The molecule has 0 radical (unpaired) electrons. The number of ether oxygens (including phenoxy) is 1. The number of amides is 1. The molecule has 2 saturated heterocycles. The molecule has 4 heteroatoms. The van der Waals surface area contributed by atoms with E-state index < -0.39 is 0 Å². The minimum atomic E-state index is 0.179. The number of morpholine rings is 1. The number of nitrogens with one attached hydrogen (secondary N) is 1. The highest BCUT2D eigenvalue weighted by Crippen LogP contribution is 2.25. The third kappa shape index (κ3) is 3.69. The van der Waals surface area contributed by atoms with Gasteiger partial charge in [0.2, 0.25) is 5.91 Å². The van der Waals surface area contributed by atoms with Crippen molar-refractivity contribution in [2.45, 2.75) is 39.2 Å². The molecule has 4 nitrogen and oxygen atoms in total. The van der Waals surface area contributed by atoms with E-state index in [2.05, 4.69) is 19.2 Å². The Balaban J connectivity index is 1.85. The summed E-state index contributed by atoms with van der Waals surface area (Å²) >= 11 is 0. The molecule has 2 aliphatic rings. The van der Waals surface area contributed by atoms with Gasteiger partial charge in [-0.1, -0.05) is 13.8 Å². The normalized spacial score (nSPS) is 30.6. The van der Waals surface area contributed by atoms with Crippen LogP contribution in [-0.4, -0.2) is 49.7 Å². The van der Waals surface area contributed by atoms with Crippen molar-refractivity contribution in [2.75, 3.05) is 32.8 Å². The summed E-state index contributed by atoms with van der Waals surface area (Å²) in [6, 6.07) is 0. The van der Waals surface area contributed by atoms with Crippen molar-refractivity contribution in [3.05, 3.63) is 0 Å². The Morgan fingerprint density at radius 3 is 2.94 bits per heavy atom. The highest BCUT2D eigenvalue weighted by molar-refractivity contribution is 5.76. The summed E-state index contributed by atoms with van der Waals surface area (Å²) in [5.74, 6) is 1.70. The molecule has 104 valence electrons. The topological polar surface area (TPSA) is 41.6 Å². The lowest BCUT2D eigenvalue weighted by atomic mass is 9.89. The highest BCUT2D eigenvalue weighted by atomic mass is 16.5. The van der Waals surface area contributed by atoms with Gasteiger partial charge in [-0.05, 0) is 24.7 Å². The average Bonchev–Trinajstić information content (AvgIpc) is 2.54. The molecule has 0 aromatic carbocycles. The molecule has 2 fully saturated rings. The van der Waals surface area contributed by atoms with Crippen LogP contribution in [-0.2, 0) is 9.53 Å². The number of carbonyl (C=O) groups excluding carboxylic acids is 1. The fourth-order valence-corrected chi connectivity index (χ4v) is 2.90. The summed E-state index contributed by atoms with van der Waals surface area (Å²) in [5.41, 5.74) is 0. The van der Waals surface area contributed by atoms with Gasteiger partial charge in [0.15, 0.2) is 0 Å². The Morgan fingerprint density at radius 1 is 1.44 bits per heavy atom. The second-order valence-electron chi connectivity index (χ2n) is 5.87. The maximum atomic E-state index is 12.1. The fourth-order valence-electron chi connectivity index (χ4n) is 2.90. The zero-order valence-electron chi connectivity index (χ0n) is 11.7. The molecule has 2 rings (SSSR count). The Morgan fingerprint density at radius 2 is 2.28 bits per heavy atom. The summed E-state index contributed by atoms with van der Waals surface area (Å²) in [6.07, 6.45) is 3.09. The van der Waals surface area contributed by atoms with E-state index in [4.69, 9.17) is 4.74 Å². The lowest BCUT2D eigenvalue weighted by Gasteiger charge is -2.29. The minimum Gasteiger partial charge on any atom is -0.374 e. The van der Waals surface area contributed by atoms with Crippen molar-refractivity contribution in [2.24, 2.45) is 11.8 Å². The summed E-state index contributed by atoms with van der Waals surface area (Å²) in [4.78, 5) is 14.1. The van der Waals surface area contributed by atoms with Crippen molar-refractivity contribution in [1.29, 1.82) is 0 Å². The van der Waals surface area contributed by atoms with Gasteiger partial charge in [-0.3, -0.25) is 4.79 Å². The molecule has 1 amide bonds. The molecule has 1 N–H and O–H groups in total. The van der Waals surface area contributed by atoms with Gasteiger partial charge in [-0.2, -0.15) is 0 Å². The molecule has 2 atom stereocenters. The second-order valence-corrected chi connectivity index (χ2v) is 5.87. The van der Waals surface area contributed by atoms with Gasteiger partial charge in [-0.15, -0.1) is 0 Å². The zero-order chi connectivity index (χ0) is 13.0. The Hall–Kier alpha value is -0.610. The van der Waals surface area contributed by atoms with E-state index in [-0.39, 0.29) is 6.10 Å². The first-order valence-corrected chi connectivity index (χ1v) is 7.27. The smallest absolute Gasteiger partial charge is 0.222 e. The number of hydrogen-bond donors (Lipinski definition) is 1. The van der Waals surface area contributed by atoms with Gasteiger partial charge in [0.1, 0.15) is 0 Å². The maximum absolute atomic E-state index is 12.1. The number of hydrogen-bond acceptors (Lipinski definition) is 3. The number of rotatable bonds is 3. The zero-order valence-corrected chi connectivity index (χ0v) is 11.7. The van der Waals surface area contributed by atoms with Crippen molar-refractivity contribution in [1.82, 2.24) is 10.2 Å². The van der Waals surface area contributed by atoms with E-state index in [0.29, 0.717) is 24.2 Å². The largest absolute Gasteiger partial charge is 0.374 e. The van der Waals surface area contributed by atoms with E-state index in [1.807, 2.05) is 4.90 Å². The standard InChI is InChI=1S/C14H26N2O2/c1-11(2)12-3-4-14(17)16(7-5-12)10-13-9-15-6-8-18-13/h11-13,15H,3-10H2,1-2H3. The average molecular weight is 254 g/mol. The molecule has 0 aromatic heterocycles. The Bertz CT molecular complexity index is 275. The third-order valence-corrected chi connectivity index (χ3v) is 4.22. The SMILES string of the molecule is CC(C)C1CCC(=O)N(CC2CNCCO2)CC1. The predicted molar refractivity (Wildman–Crippen MR) is 71.4 cm³/mol. The van der Waals surface area contributed by atoms with Crippen LogP contribution in [0.4, 0.5) is 0 Å². The number of likely N-dealkylation sites (tertiary alicyclic amines) is 1. The fraction of sp³-hybridized carbons (Fsp3) is 0.929. The van der Waals surface area contributed by atoms with Gasteiger partial charge in [-0.25, -0.2) is 0 Å². The van der Waals surface area contributed by atoms with Gasteiger partial charge in [0.25, 0.3) is 0 Å². The lowest BCUT2D eigenvalue weighted by molar-refractivity contribution is -0.133. The molecule has 0 spiro atoms. The molecular formula is C14H26N2O2. The molecule has 0 bridgehead atoms. The van der Waals surface area contributed by atoms with E-state index in [1.54, 1.807) is 0 Å². The highest BCUT2D eigenvalue weighted by Gasteiger charge is 2.26. The summed E-state index contributed by atoms with van der Waals surface area (Å²) in [7, 11) is 0. The number of nitrogens with zero attached hydrogens (tertiary/aromatic N) is 1. The monoisotopic (exact) mass is 254 g/mol. The Labute approximate surface area is 110 Å². The molecule has 18 heavy (non-hydrogen) atoms. The molecule has 0 aromatic rings. The van der Waals surface area contributed by atoms with Gasteiger partial charge in [0.05, 0.1) is 12.7 Å². The van der Waals surface area contributed by atoms with Crippen LogP contribution in [0.5, 0.6) is 0 Å². The molecule has 0 saturated carbocycles. The number of carbonyl (C=O) groups is 1. The maximum Gasteiger partial charge on any atom is 0.222 e. The molecular weight excluding hydrogens is 228 g/mol. The van der Waals surface area contributed by atoms with Crippen LogP contribution >= 0.6 is 0 Å². The lowest BCUT2D eigenvalue weighted by Crippen LogP contribution is -2.46. The van der Waals surface area contributed by atoms with Crippen molar-refractivity contribution in [3.8, 4) is 0 Å². The van der Waals surface area contributed by atoms with Crippen LogP contribution in [0.15, 0.2) is 0 Å². The first-order valence-electron chi connectivity index (χ1n) is 7.27. The van der Waals surface area contributed by atoms with E-state index in [0.717, 1.165) is 45.6 Å². The van der Waals surface area contributed by atoms with Crippen LogP contribution in [0.25, 0.3) is 0 Å². The van der Waals surface area contributed by atoms with Crippen LogP contribution in [0.1, 0.15) is 33.1 Å². The molecule has 2 aliphatic heterocycles. The Kier molecular flexibility index (Phi) is 5.01. The van der Waals surface area contributed by atoms with Crippen LogP contribution in [0.3, 0.4) is 0 Å². The van der Waals surface area contributed by atoms with E-state index in [1.165, 1.54) is 0 Å². The first-order chi connectivity index (χ1) is 8.66. The summed E-state index contributed by atoms with van der Waals surface area (Å²) < 4.78 is 5.69. The van der Waals surface area contributed by atoms with Crippen molar-refractivity contribution < 1.29 is 9.53 Å². The predicted octanol–water partition coefficient (Wildman–Crippen LogP) is 1.26. The van der Waals surface area contributed by atoms with Crippen LogP contribution in [0.2, 0.25) is 0 Å². The first kappa shape index (κ1) is 13.8. The van der Waals surface area contributed by atoms with Gasteiger partial charge < -0.3 is 15.0 Å². The molecule has 2 heterocycles. The third-order valence-electron chi connectivity index (χ3n) is 4.22. The van der Waals surface area contributed by atoms with Crippen molar-refractivity contribution in [3.63, 3.8) is 0 Å². The van der Waals surface area contributed by atoms with Crippen molar-refractivity contribution >= 4 is 5.91 Å². The summed E-state index contributed by atoms with van der Waals surface area (Å²) in [5, 5.41) is 3.32. The van der Waals surface area contributed by atoms with Gasteiger partial charge in [0, 0.05) is 32.6 Å². The quantitative estimate of drug-likeness (QED) is 0.824. The summed E-state index contributed by atoms with van der Waals surface area (Å²) in [6.45, 7) is 8.76. The van der Waals surface area contributed by atoms with E-state index >= 15 is 0 Å². The second kappa shape index (κ2) is 6.53. The molecule has 2 unspecified atom stereocenters. The van der Waals surface area contributed by atoms with Crippen LogP contribution < -0.4 is 5.32 Å². The van der Waals surface area contributed by atoms with Crippen LogP contribution in [0, 0.1) is 11.8 Å². The molecule has 0 aliphatic carbocycles.